The largest absolute Gasteiger partial charge is 0.416 e. The van der Waals surface area contributed by atoms with Crippen LogP contribution in [0.15, 0.2) is 42.9 Å². The molecule has 0 unspecified atom stereocenters. The number of piperidine rings is 1. The molecule has 0 radical (unpaired) electrons. The molecule has 4 rings (SSSR count). The van der Waals surface area contributed by atoms with E-state index in [0.717, 1.165) is 55.7 Å². The van der Waals surface area contributed by atoms with E-state index in [1.54, 1.807) is 12.4 Å². The van der Waals surface area contributed by atoms with Gasteiger partial charge in [-0.1, -0.05) is 11.3 Å². The molecule has 0 amide bonds. The molecule has 1 aliphatic rings. The first-order chi connectivity index (χ1) is 12.5. The van der Waals surface area contributed by atoms with E-state index in [-0.39, 0.29) is 0 Å². The molecule has 1 fully saturated rings. The molecule has 1 aliphatic heterocycles. The van der Waals surface area contributed by atoms with Crippen LogP contribution in [0.5, 0.6) is 0 Å². The van der Waals surface area contributed by atoms with Crippen molar-refractivity contribution in [3.05, 3.63) is 48.4 Å². The summed E-state index contributed by atoms with van der Waals surface area (Å²) in [7, 11) is 0. The van der Waals surface area contributed by atoms with E-state index in [1.165, 1.54) is 6.07 Å². The molecular formula is C18H18F3N5. The first-order valence-corrected chi connectivity index (χ1v) is 8.56. The molecule has 2 aromatic heterocycles. The number of anilines is 1. The summed E-state index contributed by atoms with van der Waals surface area (Å²) in [5, 5.41) is 8.59. The first-order valence-electron chi connectivity index (χ1n) is 8.56. The number of hydrogen-bond acceptors (Lipinski definition) is 4. The number of aromatic nitrogens is 4. The van der Waals surface area contributed by atoms with Crippen LogP contribution in [0, 0.1) is 5.92 Å². The van der Waals surface area contributed by atoms with Crippen molar-refractivity contribution in [3.63, 3.8) is 0 Å². The fourth-order valence-electron chi connectivity index (χ4n) is 3.54. The smallest absolute Gasteiger partial charge is 0.371 e. The zero-order valence-corrected chi connectivity index (χ0v) is 14.0. The van der Waals surface area contributed by atoms with Gasteiger partial charge >= 0.3 is 6.18 Å². The van der Waals surface area contributed by atoms with Crippen molar-refractivity contribution in [2.24, 2.45) is 5.92 Å². The number of rotatable bonds is 3. The Balaban J connectivity index is 1.52. The molecule has 3 heterocycles. The summed E-state index contributed by atoms with van der Waals surface area (Å²) in [6, 6.07) is 5.66. The second-order valence-corrected chi connectivity index (χ2v) is 6.62. The van der Waals surface area contributed by atoms with Crippen LogP contribution in [0.4, 0.5) is 18.9 Å². The zero-order chi connectivity index (χ0) is 18.1. The maximum absolute atomic E-state index is 12.9. The van der Waals surface area contributed by atoms with Gasteiger partial charge in [-0.25, -0.2) is 0 Å². The normalized spacial score (nSPS) is 16.3. The van der Waals surface area contributed by atoms with Crippen molar-refractivity contribution < 1.29 is 13.2 Å². The molecule has 1 aromatic carbocycles. The van der Waals surface area contributed by atoms with Gasteiger partial charge in [-0.3, -0.25) is 9.67 Å². The van der Waals surface area contributed by atoms with Crippen molar-refractivity contribution in [1.29, 1.82) is 0 Å². The number of pyridine rings is 1. The predicted molar refractivity (Wildman–Crippen MR) is 91.7 cm³/mol. The van der Waals surface area contributed by atoms with E-state index in [4.69, 9.17) is 0 Å². The third-order valence-corrected chi connectivity index (χ3v) is 4.92. The molecule has 5 nitrogen and oxygen atoms in total. The lowest BCUT2D eigenvalue weighted by Gasteiger charge is -2.34. The fourth-order valence-corrected chi connectivity index (χ4v) is 3.54. The lowest BCUT2D eigenvalue weighted by molar-refractivity contribution is -0.137. The van der Waals surface area contributed by atoms with Gasteiger partial charge in [-0.2, -0.15) is 13.2 Å². The van der Waals surface area contributed by atoms with Crippen LogP contribution in [0.25, 0.3) is 10.9 Å². The lowest BCUT2D eigenvalue weighted by Crippen LogP contribution is -2.35. The van der Waals surface area contributed by atoms with Crippen LogP contribution in [0.2, 0.25) is 0 Å². The Morgan fingerprint density at radius 1 is 1.08 bits per heavy atom. The summed E-state index contributed by atoms with van der Waals surface area (Å²) in [5.74, 6) is 0.526. The Bertz CT molecular complexity index is 883. The Hall–Kier alpha value is -2.64. The number of benzene rings is 1. The molecule has 0 N–H and O–H groups in total. The zero-order valence-electron chi connectivity index (χ0n) is 14.0. The number of fused-ring (bicyclic) bond motifs is 1. The molecule has 26 heavy (non-hydrogen) atoms. The van der Waals surface area contributed by atoms with Gasteiger partial charge in [0.1, 0.15) is 0 Å². The average molecular weight is 361 g/mol. The summed E-state index contributed by atoms with van der Waals surface area (Å²) in [5.41, 5.74) is 0.659. The fraction of sp³-hybridized carbons (Fsp3) is 0.389. The van der Waals surface area contributed by atoms with Crippen LogP contribution in [0.1, 0.15) is 18.4 Å². The Morgan fingerprint density at radius 2 is 1.88 bits per heavy atom. The van der Waals surface area contributed by atoms with E-state index in [0.29, 0.717) is 11.4 Å². The van der Waals surface area contributed by atoms with Crippen molar-refractivity contribution >= 4 is 16.6 Å². The van der Waals surface area contributed by atoms with Gasteiger partial charge in [0.15, 0.2) is 0 Å². The minimum absolute atomic E-state index is 0.377. The molecule has 136 valence electrons. The van der Waals surface area contributed by atoms with Crippen LogP contribution >= 0.6 is 0 Å². The monoisotopic (exact) mass is 361 g/mol. The molecule has 0 aliphatic carbocycles. The third-order valence-electron chi connectivity index (χ3n) is 4.92. The minimum atomic E-state index is -4.36. The predicted octanol–water partition coefficient (Wildman–Crippen LogP) is 3.76. The van der Waals surface area contributed by atoms with E-state index >= 15 is 0 Å². The van der Waals surface area contributed by atoms with Crippen LogP contribution < -0.4 is 4.90 Å². The Kier molecular flexibility index (Phi) is 4.26. The molecule has 1 saturated heterocycles. The first kappa shape index (κ1) is 16.8. The van der Waals surface area contributed by atoms with Gasteiger partial charge < -0.3 is 4.90 Å². The third kappa shape index (κ3) is 3.36. The number of hydrogen-bond donors (Lipinski definition) is 0. The summed E-state index contributed by atoms with van der Waals surface area (Å²) in [6.45, 7) is 2.57. The standard InChI is InChI=1S/C18H18F3N5/c19-18(20,21)14-1-2-15-16(11-14)22-6-3-17(15)25-8-4-13(5-9-25)12-26-10-7-23-24-26/h1-3,6-7,10-11,13H,4-5,8-9,12H2. The molecule has 3 aromatic rings. The van der Waals surface area contributed by atoms with Crippen molar-refractivity contribution in [2.75, 3.05) is 18.0 Å². The van der Waals surface area contributed by atoms with E-state index < -0.39 is 11.7 Å². The summed E-state index contributed by atoms with van der Waals surface area (Å²) in [6.07, 6.45) is 2.77. The van der Waals surface area contributed by atoms with Gasteiger partial charge in [-0.15, -0.1) is 5.10 Å². The van der Waals surface area contributed by atoms with E-state index in [9.17, 15) is 13.2 Å². The molecule has 0 bridgehead atoms. The summed E-state index contributed by atoms with van der Waals surface area (Å²) < 4.78 is 40.6. The highest BCUT2D eigenvalue weighted by Crippen LogP contribution is 2.34. The van der Waals surface area contributed by atoms with Crippen molar-refractivity contribution in [3.8, 4) is 0 Å². The topological polar surface area (TPSA) is 46.8 Å². The van der Waals surface area contributed by atoms with Crippen LogP contribution in [-0.2, 0) is 12.7 Å². The second kappa shape index (κ2) is 6.59. The lowest BCUT2D eigenvalue weighted by atomic mass is 9.96. The number of nitrogens with zero attached hydrogens (tertiary/aromatic N) is 5. The summed E-state index contributed by atoms with van der Waals surface area (Å²) >= 11 is 0. The Morgan fingerprint density at radius 3 is 2.58 bits per heavy atom. The van der Waals surface area contributed by atoms with Gasteiger partial charge in [0, 0.05) is 43.1 Å². The highest BCUT2D eigenvalue weighted by molar-refractivity contribution is 5.92. The molecule has 0 atom stereocenters. The van der Waals surface area contributed by atoms with Crippen molar-refractivity contribution in [1.82, 2.24) is 20.0 Å². The number of halogens is 3. The quantitative estimate of drug-likeness (QED) is 0.713. The van der Waals surface area contributed by atoms with Gasteiger partial charge in [0.25, 0.3) is 0 Å². The molecule has 0 saturated carbocycles. The maximum Gasteiger partial charge on any atom is 0.416 e. The van der Waals surface area contributed by atoms with Gasteiger partial charge in [0.05, 0.1) is 17.3 Å². The average Bonchev–Trinajstić information content (AvgIpc) is 3.14. The van der Waals surface area contributed by atoms with Gasteiger partial charge in [0.2, 0.25) is 0 Å². The van der Waals surface area contributed by atoms with E-state index in [2.05, 4.69) is 20.2 Å². The van der Waals surface area contributed by atoms with Crippen LogP contribution in [-0.4, -0.2) is 33.1 Å². The molecular weight excluding hydrogens is 343 g/mol. The van der Waals surface area contributed by atoms with Crippen molar-refractivity contribution in [2.45, 2.75) is 25.6 Å². The maximum atomic E-state index is 12.9. The molecule has 0 spiro atoms. The highest BCUT2D eigenvalue weighted by Gasteiger charge is 2.31. The second-order valence-electron chi connectivity index (χ2n) is 6.62. The Labute approximate surface area is 148 Å². The highest BCUT2D eigenvalue weighted by atomic mass is 19.4. The minimum Gasteiger partial charge on any atom is -0.371 e. The summed E-state index contributed by atoms with van der Waals surface area (Å²) in [4.78, 5) is 6.36. The SMILES string of the molecule is FC(F)(F)c1ccc2c(N3CCC(Cn4ccnn4)CC3)ccnc2c1. The van der Waals surface area contributed by atoms with Gasteiger partial charge in [-0.05, 0) is 37.0 Å². The van der Waals surface area contributed by atoms with E-state index in [1.807, 2.05) is 16.9 Å². The van der Waals surface area contributed by atoms with Crippen LogP contribution in [0.3, 0.4) is 0 Å². The number of alkyl halides is 3. The molecule has 8 heteroatoms.